The molecule has 1 aromatic carbocycles. The highest BCUT2D eigenvalue weighted by Gasteiger charge is 2.21. The molecular weight excluding hydrogens is 410 g/mol. The maximum absolute atomic E-state index is 12.4. The minimum absolute atomic E-state index is 0.0823. The number of carbonyl (C=O) groups excluding carboxylic acids is 1. The van der Waals surface area contributed by atoms with Crippen molar-refractivity contribution < 1.29 is 18.7 Å². The van der Waals surface area contributed by atoms with E-state index in [1.807, 2.05) is 18.2 Å². The van der Waals surface area contributed by atoms with Gasteiger partial charge in [-0.05, 0) is 31.4 Å². The van der Waals surface area contributed by atoms with Crippen LogP contribution in [0.3, 0.4) is 0 Å². The maximum atomic E-state index is 12.4. The highest BCUT2D eigenvalue weighted by atomic mass is 16.5. The van der Waals surface area contributed by atoms with Crippen molar-refractivity contribution in [2.24, 2.45) is 0 Å². The van der Waals surface area contributed by atoms with Gasteiger partial charge in [-0.1, -0.05) is 12.1 Å². The zero-order chi connectivity index (χ0) is 22.3. The molecule has 0 bridgehead atoms. The van der Waals surface area contributed by atoms with Crippen molar-refractivity contribution in [1.82, 2.24) is 9.80 Å². The number of methoxy groups -OCH3 is 1. The molecule has 2 saturated heterocycles. The van der Waals surface area contributed by atoms with Crippen molar-refractivity contribution in [3.8, 4) is 11.5 Å². The molecule has 2 aromatic rings. The molecule has 3 heterocycles. The number of benzene rings is 1. The smallest absolute Gasteiger partial charge is 0.260 e. The number of hydrogen-bond acceptors (Lipinski definition) is 7. The van der Waals surface area contributed by atoms with Crippen molar-refractivity contribution >= 4 is 11.6 Å². The van der Waals surface area contributed by atoms with Gasteiger partial charge in [-0.25, -0.2) is 0 Å². The Hall–Kier alpha value is -3.00. The molecule has 1 aromatic heterocycles. The lowest BCUT2D eigenvalue weighted by atomic mass is 10.1. The van der Waals surface area contributed by atoms with Crippen molar-refractivity contribution in [2.75, 3.05) is 57.9 Å². The number of anilines is 1. The molecule has 2 aliphatic heterocycles. The van der Waals surface area contributed by atoms with E-state index in [1.54, 1.807) is 12.0 Å². The quantitative estimate of drug-likeness (QED) is 0.653. The third-order valence-electron chi connectivity index (χ3n) is 6.09. The Bertz CT molecular complexity index is 962. The molecule has 172 valence electrons. The van der Waals surface area contributed by atoms with Crippen LogP contribution in [0.4, 0.5) is 5.69 Å². The number of carbonyl (C=O) groups is 1. The van der Waals surface area contributed by atoms with Crippen molar-refractivity contribution in [1.29, 1.82) is 0 Å². The van der Waals surface area contributed by atoms with E-state index in [1.165, 1.54) is 12.3 Å². The minimum atomic E-state index is -0.259. The number of ether oxygens (including phenoxy) is 2. The predicted molar refractivity (Wildman–Crippen MR) is 121 cm³/mol. The fourth-order valence-electron chi connectivity index (χ4n) is 4.26. The van der Waals surface area contributed by atoms with Crippen LogP contribution in [0.15, 0.2) is 45.8 Å². The monoisotopic (exact) mass is 441 g/mol. The van der Waals surface area contributed by atoms with Crippen LogP contribution in [-0.4, -0.2) is 68.7 Å². The maximum Gasteiger partial charge on any atom is 0.260 e. The second-order valence-corrected chi connectivity index (χ2v) is 8.24. The van der Waals surface area contributed by atoms with Gasteiger partial charge in [-0.3, -0.25) is 14.5 Å². The van der Waals surface area contributed by atoms with Gasteiger partial charge in [0.25, 0.3) is 5.91 Å². The van der Waals surface area contributed by atoms with Gasteiger partial charge < -0.3 is 23.7 Å². The zero-order valence-electron chi connectivity index (χ0n) is 18.6. The molecule has 0 atom stereocenters. The van der Waals surface area contributed by atoms with E-state index < -0.39 is 0 Å². The molecule has 0 unspecified atom stereocenters. The summed E-state index contributed by atoms with van der Waals surface area (Å²) >= 11 is 0. The second kappa shape index (κ2) is 10.5. The van der Waals surface area contributed by atoms with Gasteiger partial charge in [0.1, 0.15) is 17.8 Å². The predicted octanol–water partition coefficient (Wildman–Crippen LogP) is 2.36. The van der Waals surface area contributed by atoms with Gasteiger partial charge in [0.15, 0.2) is 6.61 Å². The highest BCUT2D eigenvalue weighted by molar-refractivity contribution is 5.77. The van der Waals surface area contributed by atoms with Crippen LogP contribution in [0.2, 0.25) is 0 Å². The molecule has 2 fully saturated rings. The fraction of sp³-hybridized carbons (Fsp3) is 0.500. The van der Waals surface area contributed by atoms with Crippen LogP contribution >= 0.6 is 0 Å². The second-order valence-electron chi connectivity index (χ2n) is 8.24. The summed E-state index contributed by atoms with van der Waals surface area (Å²) in [5, 5.41) is 0. The summed E-state index contributed by atoms with van der Waals surface area (Å²) in [6, 6.07) is 9.50. The summed E-state index contributed by atoms with van der Waals surface area (Å²) in [4.78, 5) is 31.0. The van der Waals surface area contributed by atoms with Crippen molar-refractivity contribution in [3.05, 3.63) is 52.6 Å². The Labute approximate surface area is 188 Å². The molecule has 0 spiro atoms. The number of likely N-dealkylation sites (tertiary alicyclic amines) is 1. The van der Waals surface area contributed by atoms with Gasteiger partial charge >= 0.3 is 0 Å². The van der Waals surface area contributed by atoms with Gasteiger partial charge in [0, 0.05) is 45.3 Å². The third kappa shape index (κ3) is 5.43. The van der Waals surface area contributed by atoms with E-state index in [2.05, 4.69) is 15.9 Å². The Morgan fingerprint density at radius 1 is 1.00 bits per heavy atom. The number of rotatable bonds is 7. The number of hydrogen-bond donors (Lipinski definition) is 0. The molecule has 8 heteroatoms. The molecule has 0 radical (unpaired) electrons. The molecule has 8 nitrogen and oxygen atoms in total. The molecular formula is C24H31N3O5. The fourth-order valence-corrected chi connectivity index (χ4v) is 4.26. The zero-order valence-corrected chi connectivity index (χ0v) is 18.6. The van der Waals surface area contributed by atoms with Gasteiger partial charge in [0.2, 0.25) is 11.2 Å². The topological polar surface area (TPSA) is 75.5 Å². The number of amides is 1. The average molecular weight is 442 g/mol. The van der Waals surface area contributed by atoms with E-state index in [9.17, 15) is 9.59 Å². The Kier molecular flexibility index (Phi) is 7.32. The molecule has 0 N–H and O–H groups in total. The van der Waals surface area contributed by atoms with Gasteiger partial charge in [-0.15, -0.1) is 0 Å². The largest absolute Gasteiger partial charge is 0.495 e. The first kappa shape index (κ1) is 22.2. The van der Waals surface area contributed by atoms with Crippen LogP contribution in [0.5, 0.6) is 11.5 Å². The first-order valence-corrected chi connectivity index (χ1v) is 11.3. The van der Waals surface area contributed by atoms with E-state index >= 15 is 0 Å². The summed E-state index contributed by atoms with van der Waals surface area (Å²) in [5.41, 5.74) is 0.840. The Balaban J connectivity index is 1.27. The molecule has 1 amide bonds. The molecule has 0 aliphatic carbocycles. The summed E-state index contributed by atoms with van der Waals surface area (Å²) in [6.45, 7) is 5.39. The normalized spacial score (nSPS) is 17.3. The molecule has 32 heavy (non-hydrogen) atoms. The van der Waals surface area contributed by atoms with Crippen LogP contribution in [-0.2, 0) is 11.3 Å². The van der Waals surface area contributed by atoms with E-state index in [-0.39, 0.29) is 23.7 Å². The van der Waals surface area contributed by atoms with E-state index in [0.29, 0.717) is 12.3 Å². The summed E-state index contributed by atoms with van der Waals surface area (Å²) < 4.78 is 16.6. The molecule has 2 aliphatic rings. The van der Waals surface area contributed by atoms with Crippen LogP contribution < -0.4 is 19.8 Å². The van der Waals surface area contributed by atoms with Crippen LogP contribution in [0, 0.1) is 0 Å². The van der Waals surface area contributed by atoms with Crippen LogP contribution in [0.1, 0.15) is 25.0 Å². The summed E-state index contributed by atoms with van der Waals surface area (Å²) in [5.74, 6) is 1.47. The number of piperazine rings is 1. The lowest BCUT2D eigenvalue weighted by Gasteiger charge is -2.36. The summed E-state index contributed by atoms with van der Waals surface area (Å²) in [6.07, 6.45) is 4.53. The highest BCUT2D eigenvalue weighted by Crippen LogP contribution is 2.28. The number of nitrogens with zero attached hydrogens (tertiary/aromatic N) is 3. The van der Waals surface area contributed by atoms with Crippen LogP contribution in [0.25, 0.3) is 0 Å². The number of piperidine rings is 1. The summed E-state index contributed by atoms with van der Waals surface area (Å²) in [7, 11) is 1.69. The van der Waals surface area contributed by atoms with E-state index in [0.717, 1.165) is 70.0 Å². The SMILES string of the molecule is COc1ccccc1N1CCN(Cc2cc(=O)c(OCC(=O)N3CCCCC3)co2)CC1. The first-order valence-electron chi connectivity index (χ1n) is 11.3. The standard InChI is InChI=1S/C24H31N3O5/c1-30-22-8-4-3-7-20(22)26-13-11-25(12-14-26)16-19-15-21(28)23(17-31-19)32-18-24(29)27-9-5-2-6-10-27/h3-4,7-8,15,17H,2,5-6,9-14,16,18H2,1H3. The average Bonchev–Trinajstić information content (AvgIpc) is 2.84. The van der Waals surface area contributed by atoms with Gasteiger partial charge in [-0.2, -0.15) is 0 Å². The van der Waals surface area contributed by atoms with Gasteiger partial charge in [0.05, 0.1) is 19.3 Å². The lowest BCUT2D eigenvalue weighted by molar-refractivity contribution is -0.134. The van der Waals surface area contributed by atoms with Crippen molar-refractivity contribution in [3.63, 3.8) is 0 Å². The van der Waals surface area contributed by atoms with E-state index in [4.69, 9.17) is 13.9 Å². The lowest BCUT2D eigenvalue weighted by Crippen LogP contribution is -2.46. The Morgan fingerprint density at radius 3 is 2.47 bits per heavy atom. The molecule has 4 rings (SSSR count). The first-order chi connectivity index (χ1) is 15.6. The van der Waals surface area contributed by atoms with Crippen molar-refractivity contribution in [2.45, 2.75) is 25.8 Å². The Morgan fingerprint density at radius 2 is 1.75 bits per heavy atom. The third-order valence-corrected chi connectivity index (χ3v) is 6.09. The number of para-hydroxylation sites is 2. The minimum Gasteiger partial charge on any atom is -0.495 e. The molecule has 0 saturated carbocycles.